The van der Waals surface area contributed by atoms with Crippen molar-refractivity contribution < 1.29 is 9.13 Å². The van der Waals surface area contributed by atoms with E-state index in [2.05, 4.69) is 24.4 Å². The summed E-state index contributed by atoms with van der Waals surface area (Å²) in [5.41, 5.74) is 1.96. The highest BCUT2D eigenvalue weighted by atomic mass is 19.1. The maximum atomic E-state index is 13.8. The molecule has 1 unspecified atom stereocenters. The van der Waals surface area contributed by atoms with Crippen molar-refractivity contribution in [2.24, 2.45) is 0 Å². The van der Waals surface area contributed by atoms with Crippen LogP contribution in [0.4, 0.5) is 10.1 Å². The summed E-state index contributed by atoms with van der Waals surface area (Å²) in [7, 11) is 0. The Hall–Kier alpha value is -2.03. The Bertz CT molecular complexity index is 542. The first-order valence-electron chi connectivity index (χ1n) is 6.98. The maximum Gasteiger partial charge on any atom is 0.167 e. The first kappa shape index (κ1) is 14.4. The molecule has 0 aliphatic carbocycles. The highest BCUT2D eigenvalue weighted by molar-refractivity contribution is 5.49. The summed E-state index contributed by atoms with van der Waals surface area (Å²) in [5.74, 6) is -0.0365. The van der Waals surface area contributed by atoms with Crippen molar-refractivity contribution in [2.75, 3.05) is 11.9 Å². The summed E-state index contributed by atoms with van der Waals surface area (Å²) in [5, 5.41) is 3.36. The van der Waals surface area contributed by atoms with Crippen LogP contribution in [0.15, 0.2) is 48.5 Å². The van der Waals surface area contributed by atoms with E-state index in [0.717, 1.165) is 12.1 Å². The summed E-state index contributed by atoms with van der Waals surface area (Å²) in [6.45, 7) is 4.41. The lowest BCUT2D eigenvalue weighted by Crippen LogP contribution is -2.09. The Morgan fingerprint density at radius 1 is 1.10 bits per heavy atom. The van der Waals surface area contributed by atoms with Crippen LogP contribution in [0, 0.1) is 5.82 Å². The van der Waals surface area contributed by atoms with Gasteiger partial charge in [-0.2, -0.15) is 0 Å². The Kier molecular flexibility index (Phi) is 4.99. The third-order valence-electron chi connectivity index (χ3n) is 3.18. The highest BCUT2D eigenvalue weighted by Gasteiger charge is 2.10. The van der Waals surface area contributed by atoms with Gasteiger partial charge in [-0.15, -0.1) is 0 Å². The Morgan fingerprint density at radius 3 is 2.45 bits per heavy atom. The van der Waals surface area contributed by atoms with Gasteiger partial charge in [-0.05, 0) is 31.0 Å². The van der Waals surface area contributed by atoms with E-state index in [1.807, 2.05) is 31.2 Å². The predicted octanol–water partition coefficient (Wildman–Crippen LogP) is 4.79. The lowest BCUT2D eigenvalue weighted by Gasteiger charge is -2.19. The molecule has 0 aromatic heterocycles. The largest absolute Gasteiger partial charge is 0.491 e. The first-order chi connectivity index (χ1) is 9.74. The number of hydrogen-bond acceptors (Lipinski definition) is 2. The standard InChI is InChI=1S/C17H20FNO/c1-3-16(13-8-6-5-7-9-13)19-14-10-11-17(20-4-2)15(18)12-14/h5-12,16,19H,3-4H2,1-2H3. The van der Waals surface area contributed by atoms with Crippen molar-refractivity contribution >= 4 is 5.69 Å². The molecule has 1 atom stereocenters. The molecule has 20 heavy (non-hydrogen) atoms. The summed E-state index contributed by atoms with van der Waals surface area (Å²) < 4.78 is 19.0. The van der Waals surface area contributed by atoms with E-state index in [4.69, 9.17) is 4.74 Å². The van der Waals surface area contributed by atoms with E-state index >= 15 is 0 Å². The molecular weight excluding hydrogens is 253 g/mol. The van der Waals surface area contributed by atoms with Gasteiger partial charge < -0.3 is 10.1 Å². The summed E-state index contributed by atoms with van der Waals surface area (Å²) >= 11 is 0. The van der Waals surface area contributed by atoms with Gasteiger partial charge in [0.1, 0.15) is 0 Å². The lowest BCUT2D eigenvalue weighted by atomic mass is 10.0. The van der Waals surface area contributed by atoms with E-state index in [9.17, 15) is 4.39 Å². The van der Waals surface area contributed by atoms with Crippen LogP contribution in [0.5, 0.6) is 5.75 Å². The first-order valence-corrected chi connectivity index (χ1v) is 6.98. The molecule has 0 fully saturated rings. The second-order valence-corrected chi connectivity index (χ2v) is 4.59. The number of nitrogens with one attached hydrogen (secondary N) is 1. The minimum atomic E-state index is -0.334. The van der Waals surface area contributed by atoms with Crippen molar-refractivity contribution in [3.05, 3.63) is 59.9 Å². The average Bonchev–Trinajstić information content (AvgIpc) is 2.48. The van der Waals surface area contributed by atoms with Crippen molar-refractivity contribution in [2.45, 2.75) is 26.3 Å². The number of ether oxygens (including phenoxy) is 1. The van der Waals surface area contributed by atoms with Crippen LogP contribution in [0.25, 0.3) is 0 Å². The monoisotopic (exact) mass is 273 g/mol. The quantitative estimate of drug-likeness (QED) is 0.817. The second-order valence-electron chi connectivity index (χ2n) is 4.59. The molecular formula is C17H20FNO. The lowest BCUT2D eigenvalue weighted by molar-refractivity contribution is 0.321. The molecule has 2 nitrogen and oxygen atoms in total. The predicted molar refractivity (Wildman–Crippen MR) is 80.7 cm³/mol. The highest BCUT2D eigenvalue weighted by Crippen LogP contribution is 2.26. The van der Waals surface area contributed by atoms with Crippen LogP contribution in [0.3, 0.4) is 0 Å². The van der Waals surface area contributed by atoms with Crippen LogP contribution in [-0.2, 0) is 0 Å². The van der Waals surface area contributed by atoms with Crippen molar-refractivity contribution in [3.63, 3.8) is 0 Å². The molecule has 0 saturated carbocycles. The van der Waals surface area contributed by atoms with Gasteiger partial charge in [0, 0.05) is 11.8 Å². The van der Waals surface area contributed by atoms with Crippen molar-refractivity contribution in [1.82, 2.24) is 0 Å². The molecule has 0 bridgehead atoms. The summed E-state index contributed by atoms with van der Waals surface area (Å²) in [4.78, 5) is 0. The molecule has 0 amide bonds. The normalized spacial score (nSPS) is 11.9. The van der Waals surface area contributed by atoms with Crippen LogP contribution < -0.4 is 10.1 Å². The van der Waals surface area contributed by atoms with Gasteiger partial charge in [0.2, 0.25) is 0 Å². The zero-order valence-electron chi connectivity index (χ0n) is 11.9. The van der Waals surface area contributed by atoms with Crippen LogP contribution in [0.2, 0.25) is 0 Å². The minimum Gasteiger partial charge on any atom is -0.491 e. The fourth-order valence-corrected chi connectivity index (χ4v) is 2.17. The average molecular weight is 273 g/mol. The second kappa shape index (κ2) is 6.94. The van der Waals surface area contributed by atoms with Gasteiger partial charge >= 0.3 is 0 Å². The van der Waals surface area contributed by atoms with Gasteiger partial charge in [-0.25, -0.2) is 4.39 Å². The number of benzene rings is 2. The van der Waals surface area contributed by atoms with Gasteiger partial charge in [-0.3, -0.25) is 0 Å². The third kappa shape index (κ3) is 3.50. The number of hydrogen-bond donors (Lipinski definition) is 1. The molecule has 2 aromatic carbocycles. The minimum absolute atomic E-state index is 0.175. The van der Waals surface area contributed by atoms with Crippen LogP contribution in [0.1, 0.15) is 31.9 Å². The Morgan fingerprint density at radius 2 is 1.85 bits per heavy atom. The molecule has 1 N–H and O–H groups in total. The number of halogens is 1. The van der Waals surface area contributed by atoms with Gasteiger partial charge in [-0.1, -0.05) is 37.3 Å². The number of rotatable bonds is 6. The van der Waals surface area contributed by atoms with E-state index in [0.29, 0.717) is 12.4 Å². The maximum absolute atomic E-state index is 13.8. The number of anilines is 1. The smallest absolute Gasteiger partial charge is 0.167 e. The van der Waals surface area contributed by atoms with E-state index in [1.165, 1.54) is 11.6 Å². The van der Waals surface area contributed by atoms with Gasteiger partial charge in [0.05, 0.1) is 12.6 Å². The van der Waals surface area contributed by atoms with Gasteiger partial charge in [0.25, 0.3) is 0 Å². The summed E-state index contributed by atoms with van der Waals surface area (Å²) in [6, 6.07) is 15.3. The topological polar surface area (TPSA) is 21.3 Å². The molecule has 0 aliphatic heterocycles. The molecule has 106 valence electrons. The molecule has 2 rings (SSSR count). The SMILES string of the molecule is CCOc1ccc(NC(CC)c2ccccc2)cc1F. The van der Waals surface area contributed by atoms with E-state index < -0.39 is 0 Å². The molecule has 2 aromatic rings. The zero-order valence-corrected chi connectivity index (χ0v) is 11.9. The fourth-order valence-electron chi connectivity index (χ4n) is 2.17. The zero-order chi connectivity index (χ0) is 14.4. The van der Waals surface area contributed by atoms with Crippen LogP contribution in [-0.4, -0.2) is 6.61 Å². The fraction of sp³-hybridized carbons (Fsp3) is 0.294. The van der Waals surface area contributed by atoms with Crippen molar-refractivity contribution in [1.29, 1.82) is 0 Å². The molecule has 0 saturated heterocycles. The van der Waals surface area contributed by atoms with Gasteiger partial charge in [0.15, 0.2) is 11.6 Å². The Labute approximate surface area is 119 Å². The summed E-state index contributed by atoms with van der Waals surface area (Å²) in [6.07, 6.45) is 0.929. The molecule has 0 heterocycles. The molecule has 0 spiro atoms. The molecule has 0 aliphatic rings. The third-order valence-corrected chi connectivity index (χ3v) is 3.18. The van der Waals surface area contributed by atoms with Crippen molar-refractivity contribution in [3.8, 4) is 5.75 Å². The molecule has 0 radical (unpaired) electrons. The molecule has 3 heteroatoms. The van der Waals surface area contributed by atoms with E-state index in [-0.39, 0.29) is 11.9 Å². The van der Waals surface area contributed by atoms with E-state index in [1.54, 1.807) is 6.07 Å². The Balaban J connectivity index is 2.14. The van der Waals surface area contributed by atoms with Crippen LogP contribution >= 0.6 is 0 Å².